The number of rotatable bonds is 11. The maximum Gasteiger partial charge on any atom is 0.338 e. The van der Waals surface area contributed by atoms with Crippen LogP contribution in [0.15, 0.2) is 119 Å². The minimum absolute atomic E-state index is 0.0377. The fourth-order valence-corrected chi connectivity index (χ4v) is 5.35. The number of carbonyl (C=O) groups excluding carboxylic acids is 1. The molecule has 0 unspecified atom stereocenters. The summed E-state index contributed by atoms with van der Waals surface area (Å²) in [7, 11) is -9.07. The highest BCUT2D eigenvalue weighted by atomic mass is 32.2. The molecule has 0 aliphatic heterocycles. The number of aryl methyl sites for hydroxylation is 1. The summed E-state index contributed by atoms with van der Waals surface area (Å²) in [6.07, 6.45) is 0. The van der Waals surface area contributed by atoms with Crippen LogP contribution in [-0.2, 0) is 20.0 Å². The molecule has 0 saturated heterocycles. The number of hydrogen-bond donors (Lipinski definition) is 6. The van der Waals surface area contributed by atoms with Crippen molar-refractivity contribution in [2.75, 3.05) is 5.32 Å². The van der Waals surface area contributed by atoms with Crippen LogP contribution in [0.4, 0.5) is 44.6 Å². The molecule has 0 heterocycles. The van der Waals surface area contributed by atoms with Crippen LogP contribution < -0.4 is 11.1 Å². The van der Waals surface area contributed by atoms with Gasteiger partial charge in [0, 0.05) is 5.41 Å². The molecular formula is C29H24N8O10S2. The Labute approximate surface area is 277 Å². The van der Waals surface area contributed by atoms with Gasteiger partial charge in [0.15, 0.2) is 21.3 Å². The van der Waals surface area contributed by atoms with Crippen molar-refractivity contribution in [1.82, 2.24) is 0 Å². The lowest BCUT2D eigenvalue weighted by Crippen LogP contribution is -2.19. The van der Waals surface area contributed by atoms with E-state index < -0.39 is 75.9 Å². The van der Waals surface area contributed by atoms with Gasteiger partial charge in [0.1, 0.15) is 27.7 Å². The van der Waals surface area contributed by atoms with Crippen molar-refractivity contribution in [2.45, 2.75) is 16.7 Å². The van der Waals surface area contributed by atoms with Crippen molar-refractivity contribution in [1.29, 1.82) is 0 Å². The quantitative estimate of drug-likeness (QED) is 0.0684. The van der Waals surface area contributed by atoms with Crippen molar-refractivity contribution in [3.8, 4) is 11.5 Å². The Bertz CT molecular complexity index is 2310. The summed E-state index contributed by atoms with van der Waals surface area (Å²) in [5.74, 6) is -3.16. The molecule has 252 valence electrons. The number of aromatic hydroxyl groups is 2. The monoisotopic (exact) mass is 708 g/mol. The third kappa shape index (κ3) is 8.51. The van der Waals surface area contributed by atoms with Gasteiger partial charge in [0.25, 0.3) is 10.1 Å². The highest BCUT2D eigenvalue weighted by Gasteiger charge is 2.23. The molecule has 0 spiro atoms. The van der Waals surface area contributed by atoms with Crippen molar-refractivity contribution >= 4 is 71.8 Å². The molecule has 49 heavy (non-hydrogen) atoms. The second-order valence-corrected chi connectivity index (χ2v) is 13.0. The smallest absolute Gasteiger partial charge is 0.338 e. The van der Waals surface area contributed by atoms with E-state index in [2.05, 4.69) is 42.6 Å². The molecule has 0 aliphatic rings. The Morgan fingerprint density at radius 3 is 2.00 bits per heavy atom. The van der Waals surface area contributed by atoms with Crippen LogP contribution in [0.1, 0.15) is 15.9 Å². The first kappa shape index (κ1) is 35.5. The summed E-state index contributed by atoms with van der Waals surface area (Å²) in [6.45, 7) is 5.01. The number of benzene rings is 4. The lowest BCUT2D eigenvalue weighted by atomic mass is 10.1. The summed E-state index contributed by atoms with van der Waals surface area (Å²) < 4.78 is 57.8. The summed E-state index contributed by atoms with van der Waals surface area (Å²) in [6, 6.07) is 12.7. The predicted molar refractivity (Wildman–Crippen MR) is 174 cm³/mol. The Kier molecular flexibility index (Phi) is 10.3. The first-order valence-corrected chi connectivity index (χ1v) is 16.3. The van der Waals surface area contributed by atoms with Gasteiger partial charge in [-0.05, 0) is 61.5 Å². The van der Waals surface area contributed by atoms with Gasteiger partial charge in [-0.1, -0.05) is 24.3 Å². The van der Waals surface area contributed by atoms with E-state index in [4.69, 9.17) is 5.73 Å². The summed E-state index contributed by atoms with van der Waals surface area (Å²) >= 11 is 0. The molecule has 4 aromatic rings. The fraction of sp³-hybridized carbons (Fsp3) is 0.0345. The summed E-state index contributed by atoms with van der Waals surface area (Å²) in [5, 5.41) is 56.8. The van der Waals surface area contributed by atoms with Crippen LogP contribution in [0.5, 0.6) is 11.5 Å². The number of amides is 2. The standard InChI is InChI=1S/C29H24N8O10S2/c1-3-48(43,44)18-9-11-21(24(13-18)49(45,46)47)35-34-20-10-8-17(12-22(20)31-29(30)42)33-37-26-23(38)14-19(28(40)41)25(27(26)39)36-32-16-6-4-15(2)5-7-16/h3-14,38-39H,1H2,2H3,(H,40,41)(H3,30,31,42)(H,45,46,47). The molecule has 0 fully saturated rings. The molecule has 0 atom stereocenters. The number of sulfone groups is 1. The van der Waals surface area contributed by atoms with E-state index in [1.54, 1.807) is 24.3 Å². The Morgan fingerprint density at radius 2 is 1.39 bits per heavy atom. The predicted octanol–water partition coefficient (Wildman–Crippen LogP) is 7.01. The average Bonchev–Trinajstić information content (AvgIpc) is 3.03. The van der Waals surface area contributed by atoms with Gasteiger partial charge in [-0.3, -0.25) is 4.55 Å². The van der Waals surface area contributed by atoms with Gasteiger partial charge >= 0.3 is 12.0 Å². The van der Waals surface area contributed by atoms with Crippen molar-refractivity contribution < 1.29 is 46.3 Å². The Balaban J connectivity index is 1.73. The number of hydrogen-bond acceptors (Lipinski definition) is 14. The van der Waals surface area contributed by atoms with E-state index in [1.807, 2.05) is 6.92 Å². The number of carbonyl (C=O) groups is 2. The number of carboxylic acid groups (broad SMARTS) is 1. The lowest BCUT2D eigenvalue weighted by Gasteiger charge is -2.09. The molecule has 0 radical (unpaired) electrons. The maximum absolute atomic E-state index is 12.1. The number of azo groups is 3. The Morgan fingerprint density at radius 1 is 0.796 bits per heavy atom. The second kappa shape index (κ2) is 14.2. The third-order valence-corrected chi connectivity index (χ3v) is 8.52. The number of nitrogens with two attached hydrogens (primary N) is 1. The minimum Gasteiger partial charge on any atom is -0.505 e. The first-order valence-electron chi connectivity index (χ1n) is 13.3. The van der Waals surface area contributed by atoms with E-state index in [0.717, 1.165) is 23.8 Å². The molecule has 0 bridgehead atoms. The molecule has 0 aromatic heterocycles. The van der Waals surface area contributed by atoms with Gasteiger partial charge in [0.05, 0.1) is 27.5 Å². The first-order chi connectivity index (χ1) is 23.0. The van der Waals surface area contributed by atoms with E-state index in [9.17, 15) is 46.3 Å². The van der Waals surface area contributed by atoms with E-state index >= 15 is 0 Å². The fourth-order valence-electron chi connectivity index (χ4n) is 3.90. The van der Waals surface area contributed by atoms with Gasteiger partial charge in [-0.15, -0.1) is 20.5 Å². The average molecular weight is 709 g/mol. The number of anilines is 1. The number of phenols is 2. The number of carboxylic acids is 1. The van der Waals surface area contributed by atoms with Crippen LogP contribution >= 0.6 is 0 Å². The molecule has 7 N–H and O–H groups in total. The minimum atomic E-state index is -4.99. The SMILES string of the molecule is C=CS(=O)(=O)c1ccc(N=Nc2ccc(N=Nc3c(O)cc(C(=O)O)c(N=Nc4ccc(C)cc4)c3O)cc2NC(N)=O)c(S(=O)(=O)O)c1. The third-order valence-electron chi connectivity index (χ3n) is 6.28. The number of phenolic OH excluding ortho intramolecular Hbond substituents is 2. The van der Waals surface area contributed by atoms with Crippen LogP contribution in [0, 0.1) is 6.92 Å². The van der Waals surface area contributed by atoms with Gasteiger partial charge in [-0.25, -0.2) is 18.0 Å². The highest BCUT2D eigenvalue weighted by molar-refractivity contribution is 7.94. The number of urea groups is 1. The van der Waals surface area contributed by atoms with Crippen molar-refractivity contribution in [3.63, 3.8) is 0 Å². The van der Waals surface area contributed by atoms with Crippen LogP contribution in [0.2, 0.25) is 0 Å². The molecule has 18 nitrogen and oxygen atoms in total. The van der Waals surface area contributed by atoms with Crippen LogP contribution in [0.3, 0.4) is 0 Å². The second-order valence-electron chi connectivity index (χ2n) is 9.74. The van der Waals surface area contributed by atoms with E-state index in [1.165, 1.54) is 18.2 Å². The molecule has 20 heteroatoms. The number of aromatic carboxylic acids is 1. The molecule has 4 rings (SSSR count). The van der Waals surface area contributed by atoms with E-state index in [0.29, 0.717) is 17.2 Å². The van der Waals surface area contributed by atoms with Gasteiger partial charge in [0.2, 0.25) is 0 Å². The molecule has 4 aromatic carbocycles. The zero-order valence-electron chi connectivity index (χ0n) is 25.0. The van der Waals surface area contributed by atoms with Gasteiger partial charge in [-0.2, -0.15) is 18.6 Å². The van der Waals surface area contributed by atoms with E-state index in [-0.39, 0.29) is 17.1 Å². The summed E-state index contributed by atoms with van der Waals surface area (Å²) in [4.78, 5) is 22.1. The van der Waals surface area contributed by atoms with Gasteiger partial charge < -0.3 is 26.4 Å². The highest BCUT2D eigenvalue weighted by Crippen LogP contribution is 2.47. The summed E-state index contributed by atoms with van der Waals surface area (Å²) in [5.41, 5.74) is 4.08. The number of primary amides is 1. The van der Waals surface area contributed by atoms with Crippen molar-refractivity contribution in [2.24, 2.45) is 36.4 Å². The zero-order valence-corrected chi connectivity index (χ0v) is 26.6. The topological polar surface area (TPSA) is 296 Å². The molecule has 0 aliphatic carbocycles. The number of nitrogens with zero attached hydrogens (tertiary/aromatic N) is 6. The van der Waals surface area contributed by atoms with Crippen LogP contribution in [0.25, 0.3) is 0 Å². The molecule has 2 amide bonds. The zero-order chi connectivity index (χ0) is 36.1. The lowest BCUT2D eigenvalue weighted by molar-refractivity contribution is 0.0696. The van der Waals surface area contributed by atoms with Crippen LogP contribution in [-0.4, -0.2) is 48.7 Å². The normalized spacial score (nSPS) is 12.1. The maximum atomic E-state index is 12.1. The number of nitrogens with one attached hydrogen (secondary N) is 1. The molecule has 0 saturated carbocycles. The largest absolute Gasteiger partial charge is 0.505 e. The van der Waals surface area contributed by atoms with Crippen molar-refractivity contribution in [3.05, 3.63) is 89.8 Å². The Hall–Kier alpha value is -6.38. The molecular weight excluding hydrogens is 684 g/mol.